The molecule has 3 nitrogen and oxygen atoms in total. The van der Waals surface area contributed by atoms with E-state index >= 15 is 0 Å². The van der Waals surface area contributed by atoms with Crippen LogP contribution >= 0.6 is 22.9 Å². The Labute approximate surface area is 146 Å². The number of hydrogen-bond donors (Lipinski definition) is 1. The van der Waals surface area contributed by atoms with Gasteiger partial charge >= 0.3 is 0 Å². The maximum Gasteiger partial charge on any atom is 0.251 e. The zero-order valence-electron chi connectivity index (χ0n) is 13.0. The molecule has 0 bridgehead atoms. The van der Waals surface area contributed by atoms with Crippen LogP contribution in [0.1, 0.15) is 28.1 Å². The molecule has 1 aliphatic rings. The number of rotatable bonds is 5. The lowest BCUT2D eigenvalue weighted by atomic mass is 9.96. The number of nitrogens with zero attached hydrogens (tertiary/aromatic N) is 1. The number of halogens is 1. The third-order valence-electron chi connectivity index (χ3n) is 4.30. The van der Waals surface area contributed by atoms with E-state index < -0.39 is 0 Å². The van der Waals surface area contributed by atoms with E-state index in [0.29, 0.717) is 16.5 Å². The maximum absolute atomic E-state index is 12.1. The Morgan fingerprint density at radius 2 is 2.09 bits per heavy atom. The SMILES string of the molecule is O=C(NCC1CCN(Cc2cccs2)CC1)c1cccc(Cl)c1. The summed E-state index contributed by atoms with van der Waals surface area (Å²) in [6.07, 6.45) is 2.28. The van der Waals surface area contributed by atoms with E-state index in [1.54, 1.807) is 24.3 Å². The molecule has 0 saturated carbocycles. The van der Waals surface area contributed by atoms with E-state index in [2.05, 4.69) is 27.7 Å². The summed E-state index contributed by atoms with van der Waals surface area (Å²) in [5.41, 5.74) is 0.632. The van der Waals surface area contributed by atoms with Crippen LogP contribution in [0, 0.1) is 5.92 Å². The van der Waals surface area contributed by atoms with Gasteiger partial charge in [0.2, 0.25) is 0 Å². The number of likely N-dealkylation sites (tertiary alicyclic amines) is 1. The smallest absolute Gasteiger partial charge is 0.251 e. The highest BCUT2D eigenvalue weighted by Crippen LogP contribution is 2.20. The highest BCUT2D eigenvalue weighted by Gasteiger charge is 2.20. The lowest BCUT2D eigenvalue weighted by Crippen LogP contribution is -2.38. The van der Waals surface area contributed by atoms with Crippen molar-refractivity contribution in [2.75, 3.05) is 19.6 Å². The normalized spacial score (nSPS) is 16.4. The number of piperidine rings is 1. The molecule has 0 unspecified atom stereocenters. The molecule has 0 aliphatic carbocycles. The summed E-state index contributed by atoms with van der Waals surface area (Å²) in [7, 11) is 0. The summed E-state index contributed by atoms with van der Waals surface area (Å²) in [4.78, 5) is 16.1. The minimum atomic E-state index is -0.0338. The van der Waals surface area contributed by atoms with Crippen LogP contribution in [-0.2, 0) is 6.54 Å². The molecule has 1 aromatic carbocycles. The van der Waals surface area contributed by atoms with Crippen molar-refractivity contribution in [1.82, 2.24) is 10.2 Å². The predicted octanol–water partition coefficient (Wildman–Crippen LogP) is 4.04. The molecule has 0 radical (unpaired) electrons. The lowest BCUT2D eigenvalue weighted by Gasteiger charge is -2.31. The van der Waals surface area contributed by atoms with Crippen LogP contribution in [0.3, 0.4) is 0 Å². The molecular formula is C18H21ClN2OS. The van der Waals surface area contributed by atoms with Gasteiger partial charge in [-0.1, -0.05) is 23.7 Å². The van der Waals surface area contributed by atoms with Crippen molar-refractivity contribution >= 4 is 28.8 Å². The first-order valence-corrected chi connectivity index (χ1v) is 9.25. The predicted molar refractivity (Wildman–Crippen MR) is 96.1 cm³/mol. The maximum atomic E-state index is 12.1. The molecule has 1 fully saturated rings. The van der Waals surface area contributed by atoms with Gasteiger partial charge in [0.1, 0.15) is 0 Å². The van der Waals surface area contributed by atoms with Gasteiger partial charge in [0.15, 0.2) is 0 Å². The van der Waals surface area contributed by atoms with E-state index in [0.717, 1.165) is 39.0 Å². The Balaban J connectivity index is 1.41. The zero-order chi connectivity index (χ0) is 16.1. The summed E-state index contributed by atoms with van der Waals surface area (Å²) in [6.45, 7) is 4.02. The Morgan fingerprint density at radius 1 is 1.26 bits per heavy atom. The van der Waals surface area contributed by atoms with E-state index in [4.69, 9.17) is 11.6 Å². The summed E-state index contributed by atoms with van der Waals surface area (Å²) in [5, 5.41) is 5.77. The standard InChI is InChI=1S/C18H21ClN2OS/c19-16-4-1-3-15(11-16)18(22)20-12-14-6-8-21(9-7-14)13-17-5-2-10-23-17/h1-5,10-11,14H,6-9,12-13H2,(H,20,22). The van der Waals surface area contributed by atoms with Crippen LogP contribution in [0.15, 0.2) is 41.8 Å². The number of nitrogens with one attached hydrogen (secondary N) is 1. The fourth-order valence-corrected chi connectivity index (χ4v) is 3.88. The molecule has 1 aliphatic heterocycles. The molecule has 2 aromatic rings. The van der Waals surface area contributed by atoms with Crippen molar-refractivity contribution in [3.8, 4) is 0 Å². The number of carbonyl (C=O) groups excluding carboxylic acids is 1. The molecule has 5 heteroatoms. The summed E-state index contributed by atoms with van der Waals surface area (Å²) in [5.74, 6) is 0.534. The molecule has 0 spiro atoms. The van der Waals surface area contributed by atoms with Crippen LogP contribution in [-0.4, -0.2) is 30.4 Å². The van der Waals surface area contributed by atoms with Gasteiger partial charge in [-0.25, -0.2) is 0 Å². The number of thiophene rings is 1. The first kappa shape index (κ1) is 16.5. The number of carbonyl (C=O) groups is 1. The van der Waals surface area contributed by atoms with Gasteiger partial charge in [-0.2, -0.15) is 0 Å². The Kier molecular flexibility index (Phi) is 5.70. The van der Waals surface area contributed by atoms with E-state index in [-0.39, 0.29) is 5.91 Å². The van der Waals surface area contributed by atoms with Gasteiger partial charge < -0.3 is 5.32 Å². The van der Waals surface area contributed by atoms with Crippen LogP contribution < -0.4 is 5.32 Å². The van der Waals surface area contributed by atoms with Crippen LogP contribution in [0.4, 0.5) is 0 Å². The zero-order valence-corrected chi connectivity index (χ0v) is 14.6. The Hall–Kier alpha value is -1.36. The average molecular weight is 349 g/mol. The highest BCUT2D eigenvalue weighted by atomic mass is 35.5. The topological polar surface area (TPSA) is 32.3 Å². The lowest BCUT2D eigenvalue weighted by molar-refractivity contribution is 0.0935. The average Bonchev–Trinajstić information content (AvgIpc) is 3.07. The Bertz CT molecular complexity index is 636. The molecule has 1 saturated heterocycles. The van der Waals surface area contributed by atoms with E-state index in [1.165, 1.54) is 4.88 Å². The Morgan fingerprint density at radius 3 is 2.78 bits per heavy atom. The number of amides is 1. The third kappa shape index (κ3) is 4.80. The van der Waals surface area contributed by atoms with Crippen molar-refractivity contribution in [2.24, 2.45) is 5.92 Å². The number of benzene rings is 1. The van der Waals surface area contributed by atoms with Crippen molar-refractivity contribution in [2.45, 2.75) is 19.4 Å². The van der Waals surface area contributed by atoms with Crippen molar-refractivity contribution in [1.29, 1.82) is 0 Å². The van der Waals surface area contributed by atoms with Gasteiger partial charge in [0.05, 0.1) is 0 Å². The summed E-state index contributed by atoms with van der Waals surface area (Å²) < 4.78 is 0. The highest BCUT2D eigenvalue weighted by molar-refractivity contribution is 7.09. The molecule has 3 rings (SSSR count). The second kappa shape index (κ2) is 7.95. The van der Waals surface area contributed by atoms with E-state index in [1.807, 2.05) is 11.3 Å². The van der Waals surface area contributed by atoms with Gasteiger partial charge in [0, 0.05) is 28.6 Å². The van der Waals surface area contributed by atoms with Crippen LogP contribution in [0.5, 0.6) is 0 Å². The number of hydrogen-bond acceptors (Lipinski definition) is 3. The molecule has 1 N–H and O–H groups in total. The van der Waals surface area contributed by atoms with Gasteiger partial charge in [-0.15, -0.1) is 11.3 Å². The quantitative estimate of drug-likeness (QED) is 0.884. The largest absolute Gasteiger partial charge is 0.352 e. The first-order valence-electron chi connectivity index (χ1n) is 7.99. The van der Waals surface area contributed by atoms with Gasteiger partial charge in [-0.3, -0.25) is 9.69 Å². The third-order valence-corrected chi connectivity index (χ3v) is 5.40. The summed E-state index contributed by atoms with van der Waals surface area (Å²) >= 11 is 7.75. The molecule has 2 heterocycles. The van der Waals surface area contributed by atoms with E-state index in [9.17, 15) is 4.79 Å². The molecule has 0 atom stereocenters. The van der Waals surface area contributed by atoms with Crippen molar-refractivity contribution in [3.05, 3.63) is 57.2 Å². The van der Waals surface area contributed by atoms with Gasteiger partial charge in [0.25, 0.3) is 5.91 Å². The fourth-order valence-electron chi connectivity index (χ4n) is 2.94. The van der Waals surface area contributed by atoms with Crippen LogP contribution in [0.25, 0.3) is 0 Å². The molecule has 1 amide bonds. The monoisotopic (exact) mass is 348 g/mol. The minimum absolute atomic E-state index is 0.0338. The van der Waals surface area contributed by atoms with Gasteiger partial charge in [-0.05, 0) is 61.5 Å². The fraction of sp³-hybridized carbons (Fsp3) is 0.389. The van der Waals surface area contributed by atoms with Crippen LogP contribution in [0.2, 0.25) is 5.02 Å². The van der Waals surface area contributed by atoms with Crippen molar-refractivity contribution < 1.29 is 4.79 Å². The molecule has 1 aromatic heterocycles. The summed E-state index contributed by atoms with van der Waals surface area (Å²) in [6, 6.07) is 11.4. The molecule has 122 valence electrons. The first-order chi connectivity index (χ1) is 11.2. The molecular weight excluding hydrogens is 328 g/mol. The van der Waals surface area contributed by atoms with Crippen molar-refractivity contribution in [3.63, 3.8) is 0 Å². The second-order valence-corrected chi connectivity index (χ2v) is 7.49. The molecule has 23 heavy (non-hydrogen) atoms. The second-order valence-electron chi connectivity index (χ2n) is 6.02. The minimum Gasteiger partial charge on any atom is -0.352 e.